The monoisotopic (exact) mass is 477 g/mol. The first-order valence-corrected chi connectivity index (χ1v) is 9.98. The molecule has 0 unspecified atom stereocenters. The summed E-state index contributed by atoms with van der Waals surface area (Å²) < 4.78 is 5.81. The molecule has 1 aromatic carbocycles. The van der Waals surface area contributed by atoms with Crippen molar-refractivity contribution in [3.8, 4) is 0 Å². The zero-order chi connectivity index (χ0) is 19.9. The van der Waals surface area contributed by atoms with Gasteiger partial charge in [0.25, 0.3) is 11.8 Å². The molecule has 9 heteroatoms. The number of hydrogen-bond acceptors (Lipinski definition) is 5. The van der Waals surface area contributed by atoms with Crippen LogP contribution in [0.5, 0.6) is 0 Å². The first-order valence-electron chi connectivity index (χ1n) is 7.93. The van der Waals surface area contributed by atoms with E-state index in [1.807, 2.05) is 17.5 Å². The van der Waals surface area contributed by atoms with Gasteiger partial charge in [-0.3, -0.25) is 9.59 Å². The lowest BCUT2D eigenvalue weighted by atomic mass is 10.2. The maximum Gasteiger partial charge on any atom is 0.287 e. The van der Waals surface area contributed by atoms with Crippen LogP contribution in [0.3, 0.4) is 0 Å². The van der Waals surface area contributed by atoms with Crippen molar-refractivity contribution >= 4 is 63.0 Å². The Kier molecular flexibility index (Phi) is 6.80. The number of nitrogens with one attached hydrogen (secondary N) is 2. The fraction of sp³-hybridized carbons (Fsp3) is 0. The van der Waals surface area contributed by atoms with Crippen LogP contribution in [0.25, 0.3) is 6.08 Å². The maximum absolute atomic E-state index is 12.5. The van der Waals surface area contributed by atoms with Crippen LogP contribution in [0.4, 0.5) is 0 Å². The van der Waals surface area contributed by atoms with Gasteiger partial charge in [0, 0.05) is 4.88 Å². The molecule has 3 aromatic rings. The van der Waals surface area contributed by atoms with Crippen LogP contribution in [-0.2, 0) is 4.79 Å². The number of furan rings is 1. The molecule has 0 fully saturated rings. The molecule has 2 heterocycles. The van der Waals surface area contributed by atoms with E-state index < -0.39 is 11.8 Å². The number of hydrogen-bond donors (Lipinski definition) is 2. The molecule has 28 heavy (non-hydrogen) atoms. The molecule has 2 aromatic heterocycles. The number of amides is 2. The van der Waals surface area contributed by atoms with Crippen molar-refractivity contribution in [2.24, 2.45) is 5.10 Å². The number of rotatable bonds is 6. The first-order chi connectivity index (χ1) is 13.5. The molecule has 0 aliphatic carbocycles. The van der Waals surface area contributed by atoms with Gasteiger partial charge < -0.3 is 9.73 Å². The van der Waals surface area contributed by atoms with E-state index in [9.17, 15) is 9.59 Å². The number of carbonyl (C=O) groups excluding carboxylic acids is 2. The van der Waals surface area contributed by atoms with Crippen molar-refractivity contribution in [1.82, 2.24) is 10.7 Å². The van der Waals surface area contributed by atoms with Crippen LogP contribution in [0.1, 0.15) is 21.0 Å². The normalized spacial score (nSPS) is 11.6. The SMILES string of the molecule is O=C(N/N=C/c1ccc(Br)o1)/C(=C\c1cccs1)NC(=O)c1ccccc1Cl. The highest BCUT2D eigenvalue weighted by Crippen LogP contribution is 2.17. The molecule has 6 nitrogen and oxygen atoms in total. The number of nitrogens with zero attached hydrogens (tertiary/aromatic N) is 1. The van der Waals surface area contributed by atoms with Gasteiger partial charge in [-0.15, -0.1) is 11.3 Å². The highest BCUT2D eigenvalue weighted by atomic mass is 79.9. The van der Waals surface area contributed by atoms with E-state index in [2.05, 4.69) is 31.8 Å². The van der Waals surface area contributed by atoms with Crippen molar-refractivity contribution < 1.29 is 14.0 Å². The summed E-state index contributed by atoms with van der Waals surface area (Å²) in [5, 5.41) is 8.60. The van der Waals surface area contributed by atoms with Crippen molar-refractivity contribution in [2.75, 3.05) is 0 Å². The van der Waals surface area contributed by atoms with Crippen molar-refractivity contribution in [3.63, 3.8) is 0 Å². The standard InChI is InChI=1S/C19H13BrClN3O3S/c20-17-8-7-12(27-17)11-22-24-19(26)16(10-13-4-3-9-28-13)23-18(25)14-5-1-2-6-15(14)21/h1-11H,(H,23,25)(H,24,26)/b16-10+,22-11+. The fourth-order valence-electron chi connectivity index (χ4n) is 2.12. The van der Waals surface area contributed by atoms with Gasteiger partial charge in [0.15, 0.2) is 4.67 Å². The number of thiophene rings is 1. The number of hydrazone groups is 1. The lowest BCUT2D eigenvalue weighted by molar-refractivity contribution is -0.117. The topological polar surface area (TPSA) is 83.7 Å². The molecule has 0 radical (unpaired) electrons. The van der Waals surface area contributed by atoms with E-state index in [0.717, 1.165) is 4.88 Å². The van der Waals surface area contributed by atoms with Gasteiger partial charge >= 0.3 is 0 Å². The van der Waals surface area contributed by atoms with Crippen LogP contribution in [-0.4, -0.2) is 18.0 Å². The molecule has 142 valence electrons. The van der Waals surface area contributed by atoms with Gasteiger partial charge in [-0.2, -0.15) is 5.10 Å². The van der Waals surface area contributed by atoms with E-state index in [4.69, 9.17) is 16.0 Å². The van der Waals surface area contributed by atoms with E-state index in [1.165, 1.54) is 17.6 Å². The Labute approximate surface area is 178 Å². The first kappa shape index (κ1) is 20.1. The Hall–Kier alpha value is -2.68. The quantitative estimate of drug-likeness (QED) is 0.307. The van der Waals surface area contributed by atoms with Crippen LogP contribution < -0.4 is 10.7 Å². The van der Waals surface area contributed by atoms with Crippen LogP contribution in [0.15, 0.2) is 73.8 Å². The van der Waals surface area contributed by atoms with Gasteiger partial charge in [-0.05, 0) is 57.7 Å². The minimum absolute atomic E-state index is 0.0325. The summed E-state index contributed by atoms with van der Waals surface area (Å²) in [7, 11) is 0. The van der Waals surface area contributed by atoms with Crippen molar-refractivity contribution in [2.45, 2.75) is 0 Å². The third kappa shape index (κ3) is 5.41. The molecular weight excluding hydrogens is 466 g/mol. The minimum Gasteiger partial charge on any atom is -0.448 e. The molecule has 0 spiro atoms. The lowest BCUT2D eigenvalue weighted by Crippen LogP contribution is -2.32. The number of benzene rings is 1. The van der Waals surface area contributed by atoms with Crippen LogP contribution in [0, 0.1) is 0 Å². The predicted molar refractivity (Wildman–Crippen MR) is 113 cm³/mol. The summed E-state index contributed by atoms with van der Waals surface area (Å²) in [5.41, 5.74) is 2.66. The van der Waals surface area contributed by atoms with Gasteiger partial charge in [0.05, 0.1) is 16.8 Å². The highest BCUT2D eigenvalue weighted by molar-refractivity contribution is 9.10. The van der Waals surface area contributed by atoms with Gasteiger partial charge in [0.1, 0.15) is 11.5 Å². The lowest BCUT2D eigenvalue weighted by Gasteiger charge is -2.09. The fourth-order valence-corrected chi connectivity index (χ4v) is 3.32. The molecule has 2 N–H and O–H groups in total. The highest BCUT2D eigenvalue weighted by Gasteiger charge is 2.16. The molecular formula is C19H13BrClN3O3S. The minimum atomic E-state index is -0.587. The maximum atomic E-state index is 12.5. The second-order valence-corrected chi connectivity index (χ2v) is 7.52. The van der Waals surface area contributed by atoms with Crippen molar-refractivity contribution in [1.29, 1.82) is 0 Å². The smallest absolute Gasteiger partial charge is 0.287 e. The molecule has 0 saturated carbocycles. The van der Waals surface area contributed by atoms with E-state index in [-0.39, 0.29) is 16.3 Å². The Bertz CT molecular complexity index is 1040. The Morgan fingerprint density at radius 3 is 2.64 bits per heavy atom. The van der Waals surface area contributed by atoms with Gasteiger partial charge in [0.2, 0.25) is 0 Å². The van der Waals surface area contributed by atoms with Gasteiger partial charge in [-0.1, -0.05) is 29.8 Å². The van der Waals surface area contributed by atoms with E-state index >= 15 is 0 Å². The zero-order valence-corrected chi connectivity index (χ0v) is 17.3. The number of halogens is 2. The Morgan fingerprint density at radius 2 is 1.96 bits per heavy atom. The summed E-state index contributed by atoms with van der Waals surface area (Å²) in [5.74, 6) is -0.630. The predicted octanol–water partition coefficient (Wildman–Crippen LogP) is 4.68. The third-order valence-corrected chi connectivity index (χ3v) is 4.97. The summed E-state index contributed by atoms with van der Waals surface area (Å²) in [6.45, 7) is 0. The second-order valence-electron chi connectivity index (χ2n) is 5.35. The van der Waals surface area contributed by atoms with Crippen LogP contribution in [0.2, 0.25) is 5.02 Å². The molecule has 0 aliphatic heterocycles. The Morgan fingerprint density at radius 1 is 1.14 bits per heavy atom. The Balaban J connectivity index is 1.77. The summed E-state index contributed by atoms with van der Waals surface area (Å²) in [6, 6.07) is 13.6. The second kappa shape index (κ2) is 9.50. The molecule has 0 saturated heterocycles. The number of carbonyl (C=O) groups is 2. The largest absolute Gasteiger partial charge is 0.448 e. The molecule has 0 atom stereocenters. The van der Waals surface area contributed by atoms with Crippen molar-refractivity contribution in [3.05, 3.63) is 85.5 Å². The summed E-state index contributed by atoms with van der Waals surface area (Å²) in [4.78, 5) is 25.9. The molecule has 0 aliphatic rings. The molecule has 0 bridgehead atoms. The summed E-state index contributed by atoms with van der Waals surface area (Å²) >= 11 is 10.7. The average molecular weight is 479 g/mol. The third-order valence-electron chi connectivity index (χ3n) is 3.39. The van der Waals surface area contributed by atoms with E-state index in [1.54, 1.807) is 42.5 Å². The molecule has 3 rings (SSSR count). The van der Waals surface area contributed by atoms with E-state index in [0.29, 0.717) is 10.4 Å². The van der Waals surface area contributed by atoms with Crippen LogP contribution >= 0.6 is 38.9 Å². The van der Waals surface area contributed by atoms with Gasteiger partial charge in [-0.25, -0.2) is 5.43 Å². The summed E-state index contributed by atoms with van der Waals surface area (Å²) in [6.07, 6.45) is 2.91. The molecule has 2 amide bonds. The zero-order valence-electron chi connectivity index (χ0n) is 14.2. The average Bonchev–Trinajstić information content (AvgIpc) is 3.33.